The zero-order valence-electron chi connectivity index (χ0n) is 12.6. The highest BCUT2D eigenvalue weighted by Gasteiger charge is 2.20. The molecule has 1 aromatic rings. The Bertz CT molecular complexity index is 621. The first-order valence-electron chi connectivity index (χ1n) is 7.05. The fraction of sp³-hybridized carbons (Fsp3) is 0.294. The van der Waals surface area contributed by atoms with E-state index >= 15 is 0 Å². The Labute approximate surface area is 120 Å². The van der Waals surface area contributed by atoms with E-state index in [1.54, 1.807) is 0 Å². The van der Waals surface area contributed by atoms with Crippen LogP contribution in [0, 0.1) is 0 Å². The Balaban J connectivity index is 1.99. The molecule has 3 heteroatoms. The Morgan fingerprint density at radius 1 is 1.20 bits per heavy atom. The van der Waals surface area contributed by atoms with Gasteiger partial charge in [-0.05, 0) is 35.4 Å². The zero-order chi connectivity index (χ0) is 14.3. The summed E-state index contributed by atoms with van der Waals surface area (Å²) in [6, 6.07) is 6.98. The second kappa shape index (κ2) is 4.84. The molecule has 0 saturated heterocycles. The highest BCUT2D eigenvalue weighted by Crippen LogP contribution is 2.33. The van der Waals surface area contributed by atoms with Crippen LogP contribution >= 0.6 is 0 Å². The predicted molar refractivity (Wildman–Crippen MR) is 86.2 cm³/mol. The van der Waals surface area contributed by atoms with E-state index in [0.717, 1.165) is 0 Å². The molecule has 3 nitrogen and oxygen atoms in total. The summed E-state index contributed by atoms with van der Waals surface area (Å²) in [6.45, 7) is 0. The molecule has 0 radical (unpaired) electrons. The van der Waals surface area contributed by atoms with Crippen LogP contribution < -0.4 is 15.1 Å². The standard InChI is InChI=1S/C17H21N3/c1-19(2)14-7-5-12-9-13-6-8-15(20(3)4)11-17(13)18-16(12)10-14/h5-11,14,18H,1-4H3/p+1. The highest BCUT2D eigenvalue weighted by atomic mass is 15.1. The van der Waals surface area contributed by atoms with Gasteiger partial charge in [0.1, 0.15) is 6.04 Å². The van der Waals surface area contributed by atoms with Crippen LogP contribution in [0.3, 0.4) is 0 Å². The van der Waals surface area contributed by atoms with Gasteiger partial charge >= 0.3 is 0 Å². The summed E-state index contributed by atoms with van der Waals surface area (Å²) < 4.78 is 0. The summed E-state index contributed by atoms with van der Waals surface area (Å²) in [6.07, 6.45) is 9.07. The summed E-state index contributed by atoms with van der Waals surface area (Å²) in [7, 11) is 8.50. The van der Waals surface area contributed by atoms with Crippen LogP contribution in [-0.4, -0.2) is 34.2 Å². The number of likely N-dealkylation sites (N-methyl/N-ethyl adjacent to an activating group) is 1. The van der Waals surface area contributed by atoms with Crippen molar-refractivity contribution >= 4 is 17.5 Å². The molecule has 20 heavy (non-hydrogen) atoms. The van der Waals surface area contributed by atoms with Crippen molar-refractivity contribution < 1.29 is 4.90 Å². The van der Waals surface area contributed by atoms with Gasteiger partial charge in [-0.1, -0.05) is 12.1 Å². The van der Waals surface area contributed by atoms with Crippen LogP contribution in [0.25, 0.3) is 6.08 Å². The second-order valence-corrected chi connectivity index (χ2v) is 5.93. The lowest BCUT2D eigenvalue weighted by Gasteiger charge is -2.27. The Kier molecular flexibility index (Phi) is 3.14. The number of nitrogens with zero attached hydrogens (tertiary/aromatic N) is 1. The van der Waals surface area contributed by atoms with E-state index in [2.05, 4.69) is 80.9 Å². The molecule has 0 saturated carbocycles. The van der Waals surface area contributed by atoms with Gasteiger partial charge in [0.2, 0.25) is 0 Å². The Morgan fingerprint density at radius 3 is 2.70 bits per heavy atom. The summed E-state index contributed by atoms with van der Waals surface area (Å²) in [4.78, 5) is 3.55. The largest absolute Gasteiger partial charge is 0.378 e. The fourth-order valence-corrected chi connectivity index (χ4v) is 2.60. The van der Waals surface area contributed by atoms with Gasteiger partial charge in [-0.15, -0.1) is 0 Å². The third kappa shape index (κ3) is 2.25. The molecule has 104 valence electrons. The highest BCUT2D eigenvalue weighted by molar-refractivity contribution is 5.82. The lowest BCUT2D eigenvalue weighted by Crippen LogP contribution is -3.09. The van der Waals surface area contributed by atoms with E-state index in [0.29, 0.717) is 6.04 Å². The lowest BCUT2D eigenvalue weighted by atomic mass is 9.95. The van der Waals surface area contributed by atoms with Crippen LogP contribution in [0.2, 0.25) is 0 Å². The SMILES string of the molecule is CN(C)c1ccc2c(c1)NC1=CC([NH+](C)C)C=CC1=C2. The van der Waals surface area contributed by atoms with E-state index in [4.69, 9.17) is 0 Å². The van der Waals surface area contributed by atoms with Gasteiger partial charge in [0.25, 0.3) is 0 Å². The second-order valence-electron chi connectivity index (χ2n) is 5.93. The minimum atomic E-state index is 0.438. The normalized spacial score (nSPS) is 19.8. The molecular formula is C17H22N3+. The maximum absolute atomic E-state index is 3.58. The van der Waals surface area contributed by atoms with Gasteiger partial charge in [-0.25, -0.2) is 0 Å². The average molecular weight is 268 g/mol. The molecule has 1 heterocycles. The summed E-state index contributed by atoms with van der Waals surface area (Å²) in [5.41, 5.74) is 6.15. The van der Waals surface area contributed by atoms with Crippen molar-refractivity contribution in [3.8, 4) is 0 Å². The molecule has 1 aliphatic heterocycles. The first-order chi connectivity index (χ1) is 9.54. The molecule has 2 N–H and O–H groups in total. The molecule has 0 spiro atoms. The van der Waals surface area contributed by atoms with E-state index in [1.165, 1.54) is 33.1 Å². The molecule has 0 amide bonds. The third-order valence-electron chi connectivity index (χ3n) is 3.94. The van der Waals surface area contributed by atoms with Gasteiger partial charge in [0, 0.05) is 37.2 Å². The molecule has 0 bridgehead atoms. The van der Waals surface area contributed by atoms with Gasteiger partial charge in [-0.3, -0.25) is 0 Å². The maximum Gasteiger partial charge on any atom is 0.127 e. The van der Waals surface area contributed by atoms with Crippen LogP contribution in [0.5, 0.6) is 0 Å². The topological polar surface area (TPSA) is 19.7 Å². The maximum atomic E-state index is 3.58. The summed E-state index contributed by atoms with van der Waals surface area (Å²) >= 11 is 0. The molecular weight excluding hydrogens is 246 g/mol. The quantitative estimate of drug-likeness (QED) is 0.848. The molecule has 0 fully saturated rings. The molecule has 3 rings (SSSR count). The van der Waals surface area contributed by atoms with E-state index < -0.39 is 0 Å². The third-order valence-corrected chi connectivity index (χ3v) is 3.94. The number of nitrogens with one attached hydrogen (secondary N) is 2. The van der Waals surface area contributed by atoms with E-state index in [-0.39, 0.29) is 0 Å². The predicted octanol–water partition coefficient (Wildman–Crippen LogP) is 1.53. The minimum Gasteiger partial charge on any atom is -0.378 e. The van der Waals surface area contributed by atoms with Crippen LogP contribution in [0.1, 0.15) is 5.56 Å². The Morgan fingerprint density at radius 2 is 2.00 bits per heavy atom. The monoisotopic (exact) mass is 268 g/mol. The van der Waals surface area contributed by atoms with Crippen molar-refractivity contribution in [2.24, 2.45) is 0 Å². The summed E-state index contributed by atoms with van der Waals surface area (Å²) in [5, 5.41) is 3.58. The molecule has 1 atom stereocenters. The number of rotatable bonds is 2. The van der Waals surface area contributed by atoms with Gasteiger partial charge < -0.3 is 15.1 Å². The Hall–Kier alpha value is -2.00. The minimum absolute atomic E-state index is 0.438. The number of hydrogen-bond acceptors (Lipinski definition) is 2. The van der Waals surface area contributed by atoms with Crippen LogP contribution in [0.4, 0.5) is 11.4 Å². The van der Waals surface area contributed by atoms with Crippen LogP contribution in [-0.2, 0) is 0 Å². The number of hydrogen-bond donors (Lipinski definition) is 2. The van der Waals surface area contributed by atoms with E-state index in [1.807, 2.05) is 0 Å². The molecule has 0 aromatic heterocycles. The molecule has 2 aliphatic rings. The van der Waals surface area contributed by atoms with Crippen molar-refractivity contribution in [3.05, 3.63) is 53.3 Å². The van der Waals surface area contributed by atoms with Crippen molar-refractivity contribution in [1.29, 1.82) is 0 Å². The van der Waals surface area contributed by atoms with Crippen molar-refractivity contribution in [2.45, 2.75) is 6.04 Å². The van der Waals surface area contributed by atoms with Crippen molar-refractivity contribution in [1.82, 2.24) is 0 Å². The number of allylic oxidation sites excluding steroid dienone is 1. The first kappa shape index (κ1) is 13.0. The zero-order valence-corrected chi connectivity index (χ0v) is 12.6. The average Bonchev–Trinajstić information content (AvgIpc) is 2.43. The van der Waals surface area contributed by atoms with Crippen molar-refractivity contribution in [2.75, 3.05) is 38.4 Å². The molecule has 1 unspecified atom stereocenters. The molecule has 1 aliphatic carbocycles. The smallest absolute Gasteiger partial charge is 0.127 e. The summed E-state index contributed by atoms with van der Waals surface area (Å²) in [5.74, 6) is 0. The van der Waals surface area contributed by atoms with Gasteiger partial charge in [-0.2, -0.15) is 0 Å². The van der Waals surface area contributed by atoms with Crippen molar-refractivity contribution in [3.63, 3.8) is 0 Å². The van der Waals surface area contributed by atoms with E-state index in [9.17, 15) is 0 Å². The number of anilines is 2. The lowest BCUT2D eigenvalue weighted by molar-refractivity contribution is -0.871. The van der Waals surface area contributed by atoms with Gasteiger partial charge in [0.15, 0.2) is 0 Å². The number of benzene rings is 1. The fourth-order valence-electron chi connectivity index (χ4n) is 2.60. The number of quaternary nitrogens is 1. The van der Waals surface area contributed by atoms with Crippen LogP contribution in [0.15, 0.2) is 47.7 Å². The first-order valence-corrected chi connectivity index (χ1v) is 7.05. The van der Waals surface area contributed by atoms with Gasteiger partial charge in [0.05, 0.1) is 14.1 Å². The number of fused-ring (bicyclic) bond motifs is 2. The molecule has 1 aromatic carbocycles.